The van der Waals surface area contributed by atoms with Crippen LogP contribution in [-0.2, 0) is 0 Å². The van der Waals surface area contributed by atoms with Crippen molar-refractivity contribution >= 4 is 43.1 Å². The average molecular weight is 291 g/mol. The third kappa shape index (κ3) is 4.38. The number of thioether (sulfide) groups is 2. The predicted molar refractivity (Wildman–Crippen MR) is 55.9 cm³/mol. The van der Waals surface area contributed by atoms with E-state index in [1.807, 2.05) is 0 Å². The van der Waals surface area contributed by atoms with E-state index in [0.717, 1.165) is 0 Å². The molecule has 1 saturated heterocycles. The Morgan fingerprint density at radius 3 is 1.90 bits per heavy atom. The molecule has 1 fully saturated rings. The van der Waals surface area contributed by atoms with Crippen LogP contribution in [0.3, 0.4) is 0 Å². The van der Waals surface area contributed by atoms with Crippen LogP contribution in [0.15, 0.2) is 0 Å². The van der Waals surface area contributed by atoms with Crippen LogP contribution in [0.2, 0.25) is 13.9 Å². The topological polar surface area (TPSA) is 0 Å². The molecule has 60 valence electrons. The van der Waals surface area contributed by atoms with Crippen molar-refractivity contribution < 1.29 is 0 Å². The van der Waals surface area contributed by atoms with Crippen LogP contribution < -0.4 is 0 Å². The quantitative estimate of drug-likeness (QED) is 0.629. The third-order valence-corrected chi connectivity index (χ3v) is 10.5. The number of rotatable bonds is 0. The summed E-state index contributed by atoms with van der Waals surface area (Å²) in [6.07, 6.45) is 0. The van der Waals surface area contributed by atoms with Gasteiger partial charge in [-0.05, 0) is 0 Å². The molecule has 0 aromatic rings. The average Bonchev–Trinajstić information content (AvgIpc) is 2.02. The van der Waals surface area contributed by atoms with Crippen LogP contribution in [0, 0.1) is 0 Å². The van der Waals surface area contributed by atoms with Crippen LogP contribution in [0.25, 0.3) is 0 Å². The first kappa shape index (κ1) is 9.58. The van der Waals surface area contributed by atoms with Gasteiger partial charge in [0, 0.05) is 0 Å². The maximum absolute atomic E-state index is 2.55. The van der Waals surface area contributed by atoms with E-state index in [1.54, 1.807) is 8.94 Å². The molecule has 0 saturated carbocycles. The van der Waals surface area contributed by atoms with Crippen molar-refractivity contribution in [2.24, 2.45) is 0 Å². The fourth-order valence-electron chi connectivity index (χ4n) is 0.826. The molecule has 3 heteroatoms. The predicted octanol–water partition coefficient (Wildman–Crippen LogP) is 2.59. The molecule has 0 unspecified atom stereocenters. The molecule has 0 nitrogen and oxygen atoms in total. The Morgan fingerprint density at radius 1 is 0.900 bits per heavy atom. The van der Waals surface area contributed by atoms with Crippen molar-refractivity contribution in [1.29, 1.82) is 0 Å². The molecule has 0 aromatic heterocycles. The van der Waals surface area contributed by atoms with Gasteiger partial charge in [-0.3, -0.25) is 0 Å². The molecule has 0 spiro atoms. The van der Waals surface area contributed by atoms with E-state index >= 15 is 0 Å². The molecular formula is C7H15S2Te+. The minimum absolute atomic E-state index is 0.510. The normalized spacial score (nSPS) is 24.9. The van der Waals surface area contributed by atoms with Crippen molar-refractivity contribution in [2.75, 3.05) is 23.0 Å². The van der Waals surface area contributed by atoms with E-state index in [2.05, 4.69) is 28.5 Å². The zero-order valence-corrected chi connectivity index (χ0v) is 10.4. The maximum atomic E-state index is 2.55. The molecule has 0 aromatic carbocycles. The van der Waals surface area contributed by atoms with Gasteiger partial charge in [-0.15, -0.1) is 0 Å². The molecule has 0 aliphatic carbocycles. The van der Waals surface area contributed by atoms with E-state index in [4.69, 9.17) is 0 Å². The van der Waals surface area contributed by atoms with Gasteiger partial charge in [0.15, 0.2) is 0 Å². The van der Waals surface area contributed by atoms with Gasteiger partial charge in [-0.25, -0.2) is 0 Å². The first-order valence-electron chi connectivity index (χ1n) is 3.64. The standard InChI is InChI=1S/C7H15S2Te/c1-10-6-4-8-2-3-9-5-7-10/h2-7H2,1H3/q+1. The summed E-state index contributed by atoms with van der Waals surface area (Å²) in [4.78, 5) is 2.55. The Hall–Kier alpha value is 1.49. The molecular weight excluding hydrogens is 276 g/mol. The zero-order valence-electron chi connectivity index (χ0n) is 6.47. The molecule has 1 heterocycles. The van der Waals surface area contributed by atoms with Gasteiger partial charge in [-0.2, -0.15) is 0 Å². The fraction of sp³-hybridized carbons (Fsp3) is 1.00. The van der Waals surface area contributed by atoms with Gasteiger partial charge in [0.05, 0.1) is 0 Å². The van der Waals surface area contributed by atoms with Gasteiger partial charge in [0.2, 0.25) is 0 Å². The Labute approximate surface area is 79.6 Å². The van der Waals surface area contributed by atoms with Crippen molar-refractivity contribution in [2.45, 2.75) is 13.9 Å². The molecule has 0 N–H and O–H groups in total. The van der Waals surface area contributed by atoms with Gasteiger partial charge in [-0.1, -0.05) is 0 Å². The first-order chi connectivity index (χ1) is 4.89. The molecule has 0 radical (unpaired) electrons. The van der Waals surface area contributed by atoms with Crippen LogP contribution in [0.1, 0.15) is 0 Å². The minimum atomic E-state index is -0.510. The number of hydrogen-bond acceptors (Lipinski definition) is 2. The second kappa shape index (κ2) is 6.06. The molecule has 1 aliphatic rings. The number of hydrogen-bond donors (Lipinski definition) is 0. The van der Waals surface area contributed by atoms with Crippen molar-refractivity contribution in [3.8, 4) is 0 Å². The van der Waals surface area contributed by atoms with Gasteiger partial charge < -0.3 is 0 Å². The van der Waals surface area contributed by atoms with E-state index in [0.29, 0.717) is 0 Å². The monoisotopic (exact) mass is 293 g/mol. The van der Waals surface area contributed by atoms with Gasteiger partial charge in [0.1, 0.15) is 0 Å². The molecule has 0 atom stereocenters. The van der Waals surface area contributed by atoms with E-state index in [9.17, 15) is 0 Å². The summed E-state index contributed by atoms with van der Waals surface area (Å²) in [5, 5.41) is 0. The molecule has 0 amide bonds. The van der Waals surface area contributed by atoms with Crippen molar-refractivity contribution in [1.82, 2.24) is 0 Å². The fourth-order valence-corrected chi connectivity index (χ4v) is 10.5. The second-order valence-electron chi connectivity index (χ2n) is 2.41. The third-order valence-electron chi connectivity index (χ3n) is 1.52. The first-order valence-corrected chi connectivity index (χ1v) is 11.6. The Balaban J connectivity index is 2.15. The summed E-state index contributed by atoms with van der Waals surface area (Å²) < 4.78 is 3.21. The van der Waals surface area contributed by atoms with Crippen molar-refractivity contribution in [3.05, 3.63) is 0 Å². The second-order valence-corrected chi connectivity index (χ2v) is 11.7. The summed E-state index contributed by atoms with van der Waals surface area (Å²) in [7, 11) is 0. The van der Waals surface area contributed by atoms with Crippen LogP contribution in [-0.4, -0.2) is 42.6 Å². The Bertz CT molecular complexity index is 77.7. The van der Waals surface area contributed by atoms with Gasteiger partial charge >= 0.3 is 80.0 Å². The Morgan fingerprint density at radius 2 is 1.40 bits per heavy atom. The summed E-state index contributed by atoms with van der Waals surface area (Å²) in [5.74, 6) is 5.73. The molecule has 10 heavy (non-hydrogen) atoms. The molecule has 1 rings (SSSR count). The van der Waals surface area contributed by atoms with Crippen LogP contribution in [0.5, 0.6) is 0 Å². The summed E-state index contributed by atoms with van der Waals surface area (Å²) in [5.41, 5.74) is 0. The summed E-state index contributed by atoms with van der Waals surface area (Å²) >= 11 is 3.83. The zero-order chi connectivity index (χ0) is 7.23. The Kier molecular flexibility index (Phi) is 5.80. The van der Waals surface area contributed by atoms with E-state index in [1.165, 1.54) is 23.0 Å². The summed E-state index contributed by atoms with van der Waals surface area (Å²) in [6, 6.07) is 0. The summed E-state index contributed by atoms with van der Waals surface area (Å²) in [6.45, 7) is 0. The van der Waals surface area contributed by atoms with Crippen LogP contribution >= 0.6 is 23.5 Å². The van der Waals surface area contributed by atoms with Crippen molar-refractivity contribution in [3.63, 3.8) is 0 Å². The van der Waals surface area contributed by atoms with Crippen LogP contribution in [0.4, 0.5) is 0 Å². The SMILES string of the molecule is C[Te+]1CCSCCSCC1. The van der Waals surface area contributed by atoms with Gasteiger partial charge in [0.25, 0.3) is 0 Å². The molecule has 1 aliphatic heterocycles. The van der Waals surface area contributed by atoms with E-state index < -0.39 is 19.6 Å². The molecule has 0 bridgehead atoms. The van der Waals surface area contributed by atoms with E-state index in [-0.39, 0.29) is 0 Å².